The lowest BCUT2D eigenvalue weighted by atomic mass is 10.1. The van der Waals surface area contributed by atoms with Crippen molar-refractivity contribution in [3.05, 3.63) is 29.8 Å². The largest absolute Gasteiger partial charge is 0.493 e. The molecule has 1 aromatic rings. The van der Waals surface area contributed by atoms with Crippen LogP contribution >= 0.6 is 0 Å². The van der Waals surface area contributed by atoms with E-state index in [1.807, 2.05) is 24.3 Å². The lowest BCUT2D eigenvalue weighted by Gasteiger charge is -2.13. The third-order valence-corrected chi connectivity index (χ3v) is 3.12. The molecule has 0 aliphatic heterocycles. The molecule has 1 atom stereocenters. The van der Waals surface area contributed by atoms with Gasteiger partial charge < -0.3 is 9.84 Å². The summed E-state index contributed by atoms with van der Waals surface area (Å²) in [7, 11) is 0. The van der Waals surface area contributed by atoms with Crippen LogP contribution in [0.25, 0.3) is 0 Å². The molecule has 0 saturated carbocycles. The fourth-order valence-electron chi connectivity index (χ4n) is 2.02. The van der Waals surface area contributed by atoms with Gasteiger partial charge in [0.2, 0.25) is 0 Å². The molecule has 0 radical (unpaired) electrons. The molecule has 1 aromatic carbocycles. The topological polar surface area (TPSA) is 29.5 Å². The van der Waals surface area contributed by atoms with E-state index in [1.165, 1.54) is 32.1 Å². The Hall–Kier alpha value is -1.02. The molecule has 1 rings (SSSR count). The smallest absolute Gasteiger partial charge is 0.125 e. The van der Waals surface area contributed by atoms with Crippen LogP contribution in [0.4, 0.5) is 0 Å². The Labute approximate surface area is 111 Å². The van der Waals surface area contributed by atoms with Crippen LogP contribution < -0.4 is 4.74 Å². The number of benzene rings is 1. The Balaban J connectivity index is 2.23. The molecule has 0 amide bonds. The second-order valence-corrected chi connectivity index (χ2v) is 4.83. The second kappa shape index (κ2) is 8.98. The second-order valence-electron chi connectivity index (χ2n) is 4.83. The van der Waals surface area contributed by atoms with Gasteiger partial charge in [0.25, 0.3) is 0 Å². The summed E-state index contributed by atoms with van der Waals surface area (Å²) in [5.74, 6) is 0.820. The maximum atomic E-state index is 9.62. The normalized spacial score (nSPS) is 12.4. The summed E-state index contributed by atoms with van der Waals surface area (Å²) in [6.07, 6.45) is 7.13. The number of hydrogen-bond donors (Lipinski definition) is 1. The van der Waals surface area contributed by atoms with E-state index in [-0.39, 0.29) is 0 Å². The lowest BCUT2D eigenvalue weighted by molar-refractivity contribution is 0.190. The van der Waals surface area contributed by atoms with Gasteiger partial charge in [-0.15, -0.1) is 0 Å². The van der Waals surface area contributed by atoms with Crippen molar-refractivity contribution in [2.24, 2.45) is 0 Å². The summed E-state index contributed by atoms with van der Waals surface area (Å²) in [6, 6.07) is 7.72. The SMILES string of the molecule is CCCCCCCCOc1ccccc1[C@H](C)O. The molecule has 1 N–H and O–H groups in total. The van der Waals surface area contributed by atoms with E-state index in [2.05, 4.69) is 6.92 Å². The first-order valence-corrected chi connectivity index (χ1v) is 7.15. The quantitative estimate of drug-likeness (QED) is 0.655. The van der Waals surface area contributed by atoms with Crippen LogP contribution in [0.2, 0.25) is 0 Å². The minimum absolute atomic E-state index is 0.467. The summed E-state index contributed by atoms with van der Waals surface area (Å²) in [6.45, 7) is 4.75. The van der Waals surface area contributed by atoms with Gasteiger partial charge in [0.15, 0.2) is 0 Å². The Morgan fingerprint density at radius 1 is 1.06 bits per heavy atom. The van der Waals surface area contributed by atoms with Gasteiger partial charge in [-0.3, -0.25) is 0 Å². The molecule has 0 heterocycles. The molecule has 0 unspecified atom stereocenters. The van der Waals surface area contributed by atoms with E-state index in [1.54, 1.807) is 6.92 Å². The van der Waals surface area contributed by atoms with Crippen LogP contribution in [0.15, 0.2) is 24.3 Å². The minimum Gasteiger partial charge on any atom is -0.493 e. The first kappa shape index (κ1) is 15.0. The number of ether oxygens (including phenoxy) is 1. The number of aliphatic hydroxyl groups excluding tert-OH is 1. The van der Waals surface area contributed by atoms with E-state index in [9.17, 15) is 5.11 Å². The van der Waals surface area contributed by atoms with E-state index in [0.717, 1.165) is 24.3 Å². The summed E-state index contributed by atoms with van der Waals surface area (Å²) in [5, 5.41) is 9.62. The first-order valence-electron chi connectivity index (χ1n) is 7.15. The molecule has 102 valence electrons. The average Bonchev–Trinajstić information content (AvgIpc) is 2.38. The van der Waals surface area contributed by atoms with Crippen molar-refractivity contribution in [3.8, 4) is 5.75 Å². The fraction of sp³-hybridized carbons (Fsp3) is 0.625. The van der Waals surface area contributed by atoms with Crippen LogP contribution in [-0.2, 0) is 0 Å². The predicted molar refractivity (Wildman–Crippen MR) is 75.9 cm³/mol. The first-order chi connectivity index (χ1) is 8.75. The summed E-state index contributed by atoms with van der Waals surface area (Å²) < 4.78 is 5.74. The Bertz CT molecular complexity index is 321. The predicted octanol–water partition coefficient (Wildman–Crippen LogP) is 4.48. The molecule has 0 saturated heterocycles. The van der Waals surface area contributed by atoms with Crippen molar-refractivity contribution in [2.45, 2.75) is 58.5 Å². The highest BCUT2D eigenvalue weighted by molar-refractivity contribution is 5.34. The number of unbranched alkanes of at least 4 members (excludes halogenated alkanes) is 5. The molecular weight excluding hydrogens is 224 g/mol. The number of aliphatic hydroxyl groups is 1. The molecule has 2 nitrogen and oxygen atoms in total. The summed E-state index contributed by atoms with van der Waals surface area (Å²) in [4.78, 5) is 0. The standard InChI is InChI=1S/C16H26O2/c1-3-4-5-6-7-10-13-18-16-12-9-8-11-15(16)14(2)17/h8-9,11-12,14,17H,3-7,10,13H2,1-2H3/t14-/m0/s1. The highest BCUT2D eigenvalue weighted by atomic mass is 16.5. The van der Waals surface area contributed by atoms with Crippen LogP contribution in [0, 0.1) is 0 Å². The zero-order valence-electron chi connectivity index (χ0n) is 11.7. The number of rotatable bonds is 9. The number of para-hydroxylation sites is 1. The van der Waals surface area contributed by atoms with Crippen LogP contribution in [0.3, 0.4) is 0 Å². The van der Waals surface area contributed by atoms with Gasteiger partial charge in [0, 0.05) is 5.56 Å². The average molecular weight is 250 g/mol. The molecule has 0 aliphatic rings. The van der Waals surface area contributed by atoms with E-state index >= 15 is 0 Å². The van der Waals surface area contributed by atoms with E-state index < -0.39 is 6.10 Å². The Morgan fingerprint density at radius 3 is 2.44 bits per heavy atom. The molecule has 0 aliphatic carbocycles. The van der Waals surface area contributed by atoms with Crippen LogP contribution in [0.5, 0.6) is 5.75 Å². The molecule has 0 aromatic heterocycles. The zero-order chi connectivity index (χ0) is 13.2. The van der Waals surface area contributed by atoms with Crippen LogP contribution in [0.1, 0.15) is 64.0 Å². The van der Waals surface area contributed by atoms with E-state index in [0.29, 0.717) is 0 Å². The van der Waals surface area contributed by atoms with Gasteiger partial charge >= 0.3 is 0 Å². The molecule has 0 spiro atoms. The van der Waals surface area contributed by atoms with Crippen molar-refractivity contribution in [1.29, 1.82) is 0 Å². The molecule has 2 heteroatoms. The molecular formula is C16H26O2. The monoisotopic (exact) mass is 250 g/mol. The van der Waals surface area contributed by atoms with Gasteiger partial charge in [-0.25, -0.2) is 0 Å². The van der Waals surface area contributed by atoms with Crippen molar-refractivity contribution in [2.75, 3.05) is 6.61 Å². The van der Waals surface area contributed by atoms with Crippen molar-refractivity contribution in [1.82, 2.24) is 0 Å². The van der Waals surface area contributed by atoms with Gasteiger partial charge in [-0.1, -0.05) is 57.2 Å². The summed E-state index contributed by atoms with van der Waals surface area (Å²) >= 11 is 0. The van der Waals surface area contributed by atoms with Crippen molar-refractivity contribution < 1.29 is 9.84 Å². The molecule has 0 fully saturated rings. The highest BCUT2D eigenvalue weighted by Crippen LogP contribution is 2.24. The van der Waals surface area contributed by atoms with Crippen molar-refractivity contribution >= 4 is 0 Å². The van der Waals surface area contributed by atoms with E-state index in [4.69, 9.17) is 4.74 Å². The van der Waals surface area contributed by atoms with Gasteiger partial charge in [0.05, 0.1) is 12.7 Å². The van der Waals surface area contributed by atoms with Gasteiger partial charge in [0.1, 0.15) is 5.75 Å². The third-order valence-electron chi connectivity index (χ3n) is 3.12. The zero-order valence-corrected chi connectivity index (χ0v) is 11.7. The van der Waals surface area contributed by atoms with Crippen molar-refractivity contribution in [3.63, 3.8) is 0 Å². The number of hydrogen-bond acceptors (Lipinski definition) is 2. The minimum atomic E-state index is -0.467. The Kier molecular flexibility index (Phi) is 7.51. The lowest BCUT2D eigenvalue weighted by Crippen LogP contribution is -2.02. The summed E-state index contributed by atoms with van der Waals surface area (Å²) in [5.41, 5.74) is 0.878. The molecule has 18 heavy (non-hydrogen) atoms. The molecule has 0 bridgehead atoms. The maximum Gasteiger partial charge on any atom is 0.125 e. The van der Waals surface area contributed by atoms with Gasteiger partial charge in [-0.05, 0) is 19.4 Å². The van der Waals surface area contributed by atoms with Crippen LogP contribution in [-0.4, -0.2) is 11.7 Å². The Morgan fingerprint density at radius 2 is 1.72 bits per heavy atom. The fourth-order valence-corrected chi connectivity index (χ4v) is 2.02. The third kappa shape index (κ3) is 5.54. The highest BCUT2D eigenvalue weighted by Gasteiger charge is 2.07. The maximum absolute atomic E-state index is 9.62. The van der Waals surface area contributed by atoms with Gasteiger partial charge in [-0.2, -0.15) is 0 Å².